The molecule has 9 atom stereocenters. The number of amides is 1. The van der Waals surface area contributed by atoms with Crippen molar-refractivity contribution < 1.29 is 50.0 Å². The first-order chi connectivity index (χ1) is 27.7. The van der Waals surface area contributed by atoms with Gasteiger partial charge >= 0.3 is 0 Å². The number of carbonyl (C=O) groups is 1. The number of unbranched alkanes of at least 4 members (excludes halogenated alkanes) is 22. The minimum absolute atomic E-state index is 0.256. The first kappa shape index (κ1) is 53.6. The van der Waals surface area contributed by atoms with E-state index in [1.165, 1.54) is 103 Å². The van der Waals surface area contributed by atoms with Crippen LogP contribution < -0.4 is 5.32 Å². The van der Waals surface area contributed by atoms with E-state index in [1.807, 2.05) is 0 Å². The summed E-state index contributed by atoms with van der Waals surface area (Å²) in [6, 6.07) is -1.16. The first-order valence-corrected chi connectivity index (χ1v) is 23.2. The van der Waals surface area contributed by atoms with Crippen molar-refractivity contribution in [2.75, 3.05) is 13.2 Å². The van der Waals surface area contributed by atoms with E-state index in [1.54, 1.807) is 0 Å². The third kappa shape index (κ3) is 26.4. The molecule has 57 heavy (non-hydrogen) atoms. The van der Waals surface area contributed by atoms with E-state index < -0.39 is 74.2 Å². The van der Waals surface area contributed by atoms with Crippen LogP contribution in [0.2, 0.25) is 0 Å². The van der Waals surface area contributed by atoms with Crippen molar-refractivity contribution >= 4 is 5.91 Å². The van der Waals surface area contributed by atoms with Crippen molar-refractivity contribution in [3.8, 4) is 0 Å². The lowest BCUT2D eigenvalue weighted by Gasteiger charge is -2.40. The smallest absolute Gasteiger partial charge is 0.249 e. The van der Waals surface area contributed by atoms with Crippen LogP contribution in [0.4, 0.5) is 0 Å². The number of carbonyl (C=O) groups excluding carboxylic acids is 1. The van der Waals surface area contributed by atoms with Crippen molar-refractivity contribution in [2.45, 2.75) is 249 Å². The van der Waals surface area contributed by atoms with E-state index >= 15 is 0 Å². The molecule has 0 radical (unpaired) electrons. The monoisotopic (exact) mass is 814 g/mol. The zero-order chi connectivity index (χ0) is 41.9. The molecule has 0 bridgehead atoms. The van der Waals surface area contributed by atoms with Gasteiger partial charge in [-0.25, -0.2) is 0 Å². The van der Waals surface area contributed by atoms with Gasteiger partial charge in [0.2, 0.25) is 5.91 Å². The average molecular weight is 814 g/mol. The summed E-state index contributed by atoms with van der Waals surface area (Å²) in [7, 11) is 0. The summed E-state index contributed by atoms with van der Waals surface area (Å²) in [4.78, 5) is 13.0. The predicted octanol–water partition coefficient (Wildman–Crippen LogP) is 7.45. The molecule has 0 spiro atoms. The average Bonchev–Trinajstić information content (AvgIpc) is 3.21. The zero-order valence-electron chi connectivity index (χ0n) is 36.1. The second-order valence-electron chi connectivity index (χ2n) is 16.5. The van der Waals surface area contributed by atoms with Crippen LogP contribution in [0.15, 0.2) is 24.3 Å². The molecule has 9 unspecified atom stereocenters. The Labute approximate surface area is 346 Å². The summed E-state index contributed by atoms with van der Waals surface area (Å²) in [6.45, 7) is 3.28. The van der Waals surface area contributed by atoms with Gasteiger partial charge in [0, 0.05) is 0 Å². The van der Waals surface area contributed by atoms with Gasteiger partial charge in [0.1, 0.15) is 36.6 Å². The summed E-state index contributed by atoms with van der Waals surface area (Å²) < 4.78 is 11.0. The molecule has 1 saturated heterocycles. The lowest BCUT2D eigenvalue weighted by atomic mass is 9.98. The molecule has 1 aliphatic rings. The normalized spacial score (nSPS) is 22.3. The van der Waals surface area contributed by atoms with Crippen molar-refractivity contribution in [1.29, 1.82) is 0 Å². The molecule has 1 fully saturated rings. The summed E-state index contributed by atoms with van der Waals surface area (Å²) in [5.41, 5.74) is 0. The maximum Gasteiger partial charge on any atom is 0.249 e. The van der Waals surface area contributed by atoms with Gasteiger partial charge in [0.05, 0.1) is 25.4 Å². The second-order valence-corrected chi connectivity index (χ2v) is 16.5. The standard InChI is InChI=1S/C46H87NO10/c1-3-5-7-9-10-11-12-13-14-15-16-17-18-19-20-21-22-23-24-25-26-27-28-29-30-32-34-39(50)45(55)47-37(41(51)38(49)33-31-8-6-4-2)36-56-46-44(54)43(53)42(52)40(35-48)57-46/h16-17,19-20,37-44,46,48-54H,3-15,18,21-36H2,1-2H3,(H,47,55)/b17-16-,20-19-. The fourth-order valence-electron chi connectivity index (χ4n) is 7.35. The highest BCUT2D eigenvalue weighted by atomic mass is 16.7. The first-order valence-electron chi connectivity index (χ1n) is 23.2. The molecule has 1 aliphatic heterocycles. The minimum Gasteiger partial charge on any atom is -0.394 e. The Balaban J connectivity index is 2.21. The minimum atomic E-state index is -1.66. The van der Waals surface area contributed by atoms with Crippen LogP contribution in [0, 0.1) is 0 Å². The van der Waals surface area contributed by atoms with Gasteiger partial charge in [0.15, 0.2) is 6.29 Å². The van der Waals surface area contributed by atoms with Crippen molar-refractivity contribution in [2.24, 2.45) is 0 Å². The number of aliphatic hydroxyl groups excluding tert-OH is 7. The van der Waals surface area contributed by atoms with Gasteiger partial charge < -0.3 is 50.5 Å². The topological polar surface area (TPSA) is 189 Å². The molecule has 0 aromatic carbocycles. The Morgan fingerprint density at radius 3 is 1.58 bits per heavy atom. The van der Waals surface area contributed by atoms with Crippen molar-refractivity contribution in [3.05, 3.63) is 24.3 Å². The number of allylic oxidation sites excluding steroid dienone is 4. The molecule has 1 rings (SSSR count). The van der Waals surface area contributed by atoms with Gasteiger partial charge in [-0.15, -0.1) is 0 Å². The van der Waals surface area contributed by atoms with Gasteiger partial charge in [-0.05, 0) is 44.9 Å². The maximum absolute atomic E-state index is 13.0. The molecule has 8 N–H and O–H groups in total. The van der Waals surface area contributed by atoms with Gasteiger partial charge in [-0.2, -0.15) is 0 Å². The van der Waals surface area contributed by atoms with E-state index in [-0.39, 0.29) is 6.42 Å². The van der Waals surface area contributed by atoms with Crippen LogP contribution in [-0.2, 0) is 14.3 Å². The Morgan fingerprint density at radius 1 is 0.614 bits per heavy atom. The van der Waals surface area contributed by atoms with Gasteiger partial charge in [-0.3, -0.25) is 4.79 Å². The lowest BCUT2D eigenvalue weighted by molar-refractivity contribution is -0.303. The van der Waals surface area contributed by atoms with Crippen molar-refractivity contribution in [1.82, 2.24) is 5.32 Å². The Bertz CT molecular complexity index is 981. The maximum atomic E-state index is 13.0. The molecule has 0 aliphatic carbocycles. The van der Waals surface area contributed by atoms with Gasteiger partial charge in [-0.1, -0.05) is 173 Å². The van der Waals surface area contributed by atoms with E-state index in [4.69, 9.17) is 9.47 Å². The van der Waals surface area contributed by atoms with E-state index in [0.717, 1.165) is 51.4 Å². The number of hydrogen-bond acceptors (Lipinski definition) is 10. The molecule has 1 amide bonds. The molecule has 11 nitrogen and oxygen atoms in total. The Hall–Kier alpha value is -1.41. The number of hydrogen-bond donors (Lipinski definition) is 8. The molecule has 0 aromatic heterocycles. The molecule has 336 valence electrons. The van der Waals surface area contributed by atoms with E-state index in [0.29, 0.717) is 19.3 Å². The highest BCUT2D eigenvalue weighted by Gasteiger charge is 2.44. The summed E-state index contributed by atoms with van der Waals surface area (Å²) in [6.07, 6.45) is 29.0. The highest BCUT2D eigenvalue weighted by molar-refractivity contribution is 5.80. The molecular formula is C46H87NO10. The van der Waals surface area contributed by atoms with Crippen LogP contribution in [0.5, 0.6) is 0 Å². The lowest BCUT2D eigenvalue weighted by Crippen LogP contribution is -2.60. The summed E-state index contributed by atoms with van der Waals surface area (Å²) in [5.74, 6) is -0.707. The van der Waals surface area contributed by atoms with E-state index in [2.05, 4.69) is 43.5 Å². The van der Waals surface area contributed by atoms with Crippen LogP contribution >= 0.6 is 0 Å². The largest absolute Gasteiger partial charge is 0.394 e. The number of aliphatic hydroxyl groups is 7. The summed E-state index contributed by atoms with van der Waals surface area (Å²) >= 11 is 0. The molecule has 0 saturated carbocycles. The molecule has 11 heteroatoms. The third-order valence-electron chi connectivity index (χ3n) is 11.3. The molecule has 0 aromatic rings. The fraction of sp³-hybridized carbons (Fsp3) is 0.891. The Kier molecular flexibility index (Phi) is 34.3. The van der Waals surface area contributed by atoms with Crippen LogP contribution in [0.25, 0.3) is 0 Å². The fourth-order valence-corrected chi connectivity index (χ4v) is 7.35. The zero-order valence-corrected chi connectivity index (χ0v) is 36.1. The number of rotatable bonds is 38. The van der Waals surface area contributed by atoms with E-state index in [9.17, 15) is 40.5 Å². The number of nitrogens with one attached hydrogen (secondary N) is 1. The Morgan fingerprint density at radius 2 is 1.07 bits per heavy atom. The van der Waals surface area contributed by atoms with Crippen LogP contribution in [0.1, 0.15) is 194 Å². The van der Waals surface area contributed by atoms with Crippen LogP contribution in [0.3, 0.4) is 0 Å². The quantitative estimate of drug-likeness (QED) is 0.0230. The van der Waals surface area contributed by atoms with Gasteiger partial charge in [0.25, 0.3) is 0 Å². The molecule has 1 heterocycles. The second kappa shape index (κ2) is 36.4. The predicted molar refractivity (Wildman–Crippen MR) is 229 cm³/mol. The third-order valence-corrected chi connectivity index (χ3v) is 11.3. The number of ether oxygens (including phenoxy) is 2. The molecular weight excluding hydrogens is 727 g/mol. The van der Waals surface area contributed by atoms with Crippen LogP contribution in [-0.4, -0.2) is 110 Å². The summed E-state index contributed by atoms with van der Waals surface area (Å²) in [5, 5.41) is 74.8. The highest BCUT2D eigenvalue weighted by Crippen LogP contribution is 2.23. The SMILES string of the molecule is CCCCCCCCCCC/C=C\C/C=C\CCCCCCCCCCCCC(O)C(=O)NC(COC1OC(CO)C(O)C(O)C1O)C(O)C(O)CCCCCC. The van der Waals surface area contributed by atoms with Crippen molar-refractivity contribution in [3.63, 3.8) is 0 Å².